The summed E-state index contributed by atoms with van der Waals surface area (Å²) in [4.78, 5) is 23.3. The van der Waals surface area contributed by atoms with Gasteiger partial charge in [-0.3, -0.25) is 0 Å². The number of carbonyl (C=O) groups excluding carboxylic acids is 1. The van der Waals surface area contributed by atoms with Gasteiger partial charge in [0.15, 0.2) is 0 Å². The lowest BCUT2D eigenvalue weighted by Gasteiger charge is -2.30. The van der Waals surface area contributed by atoms with Crippen molar-refractivity contribution in [3.05, 3.63) is 88.1 Å². The van der Waals surface area contributed by atoms with Crippen LogP contribution in [0.1, 0.15) is 36.5 Å². The summed E-state index contributed by atoms with van der Waals surface area (Å²) in [5, 5.41) is 12.3. The summed E-state index contributed by atoms with van der Waals surface area (Å²) >= 11 is 0. The number of nitrogens with one attached hydrogen (secondary N) is 1. The normalized spacial score (nSPS) is 15.7. The number of carbonyl (C=O) groups is 2. The van der Waals surface area contributed by atoms with Gasteiger partial charge in [-0.2, -0.15) is 0 Å². The summed E-state index contributed by atoms with van der Waals surface area (Å²) in [7, 11) is 1.19. The highest BCUT2D eigenvalue weighted by molar-refractivity contribution is 5.64. The Labute approximate surface area is 186 Å². The van der Waals surface area contributed by atoms with Crippen molar-refractivity contribution in [1.82, 2.24) is 5.32 Å². The third-order valence-corrected chi connectivity index (χ3v) is 4.94. The quantitative estimate of drug-likeness (QED) is 0.592. The van der Waals surface area contributed by atoms with E-state index < -0.39 is 18.2 Å². The van der Waals surface area contributed by atoms with Crippen molar-refractivity contribution >= 4 is 12.3 Å². The molecule has 1 aliphatic heterocycles. The third kappa shape index (κ3) is 5.21. The maximum Gasteiger partial charge on any atom is 0.513 e. The molecular weight excluding hydrogens is 414 g/mol. The van der Waals surface area contributed by atoms with Crippen LogP contribution < -0.4 is 10.1 Å². The van der Waals surface area contributed by atoms with Crippen molar-refractivity contribution in [3.63, 3.8) is 0 Å². The second-order valence-electron chi connectivity index (χ2n) is 7.27. The van der Waals surface area contributed by atoms with Crippen LogP contribution in [-0.2, 0) is 20.8 Å². The van der Waals surface area contributed by atoms with Crippen LogP contribution >= 0.6 is 0 Å². The summed E-state index contributed by atoms with van der Waals surface area (Å²) in [5.41, 5.74) is 3.69. The van der Waals surface area contributed by atoms with Crippen LogP contribution in [0.2, 0.25) is 0 Å². The highest BCUT2D eigenvalue weighted by Gasteiger charge is 2.36. The Morgan fingerprint density at radius 1 is 0.938 bits per heavy atom. The molecule has 0 aliphatic carbocycles. The van der Waals surface area contributed by atoms with Gasteiger partial charge in [0.2, 0.25) is 0 Å². The number of allylic oxidation sites excluding steroid dienone is 2. The number of methoxy groups -OCH3 is 1. The number of para-hydroxylation sites is 1. The van der Waals surface area contributed by atoms with Gasteiger partial charge in [-0.05, 0) is 32.4 Å². The maximum atomic E-state index is 11.9. The third-order valence-electron chi connectivity index (χ3n) is 4.94. The SMILES string of the molecule is COC(=O)OC1=C(C)NC(C)=C(OC(=O)O)C1c1ccccc1OCc1ccc(C)cc1. The zero-order valence-corrected chi connectivity index (χ0v) is 18.3. The van der Waals surface area contributed by atoms with E-state index in [4.69, 9.17) is 14.2 Å². The molecule has 0 spiro atoms. The Morgan fingerprint density at radius 3 is 2.19 bits per heavy atom. The number of aryl methyl sites for hydroxylation is 1. The van der Waals surface area contributed by atoms with Crippen molar-refractivity contribution in [2.45, 2.75) is 33.3 Å². The lowest BCUT2D eigenvalue weighted by Crippen LogP contribution is -2.29. The van der Waals surface area contributed by atoms with Gasteiger partial charge in [-0.1, -0.05) is 48.0 Å². The number of benzene rings is 2. The van der Waals surface area contributed by atoms with Crippen molar-refractivity contribution < 1.29 is 33.6 Å². The molecule has 1 atom stereocenters. The first kappa shape index (κ1) is 22.7. The van der Waals surface area contributed by atoms with Crippen molar-refractivity contribution in [3.8, 4) is 5.75 Å². The summed E-state index contributed by atoms with van der Waals surface area (Å²) in [6, 6.07) is 15.1. The van der Waals surface area contributed by atoms with E-state index in [1.54, 1.807) is 38.1 Å². The van der Waals surface area contributed by atoms with Gasteiger partial charge in [0.1, 0.15) is 29.8 Å². The number of hydrogen-bond acceptors (Lipinski definition) is 7. The number of rotatable bonds is 6. The highest BCUT2D eigenvalue weighted by Crippen LogP contribution is 2.43. The van der Waals surface area contributed by atoms with E-state index in [0.717, 1.165) is 11.1 Å². The molecule has 0 radical (unpaired) electrons. The minimum absolute atomic E-state index is 0.0772. The van der Waals surface area contributed by atoms with Gasteiger partial charge in [-0.25, -0.2) is 9.59 Å². The van der Waals surface area contributed by atoms with Crippen molar-refractivity contribution in [2.75, 3.05) is 7.11 Å². The van der Waals surface area contributed by atoms with E-state index in [9.17, 15) is 14.7 Å². The standard InChI is InChI=1S/C24H25NO7/c1-14-9-11-17(12-10-14)13-30-19-8-6-5-7-18(19)20-21(31-23(26)27)15(2)25-16(3)22(20)32-24(28)29-4/h5-12,20,25H,13H2,1-4H3,(H,26,27). The fraction of sp³-hybridized carbons (Fsp3) is 0.250. The Morgan fingerprint density at radius 2 is 1.56 bits per heavy atom. The van der Waals surface area contributed by atoms with Crippen molar-refractivity contribution in [1.29, 1.82) is 0 Å². The molecule has 168 valence electrons. The molecule has 0 saturated carbocycles. The van der Waals surface area contributed by atoms with E-state index in [1.165, 1.54) is 7.11 Å². The van der Waals surface area contributed by atoms with Crippen LogP contribution in [0.25, 0.3) is 0 Å². The summed E-state index contributed by atoms with van der Waals surface area (Å²) < 4.78 is 21.2. The van der Waals surface area contributed by atoms with Gasteiger partial charge < -0.3 is 29.4 Å². The number of hydrogen-bond donors (Lipinski definition) is 2. The van der Waals surface area contributed by atoms with Gasteiger partial charge in [0.25, 0.3) is 0 Å². The Hall–Kier alpha value is -3.94. The number of carboxylic acid groups (broad SMARTS) is 1. The molecular formula is C24H25NO7. The number of ether oxygens (including phenoxy) is 4. The predicted molar refractivity (Wildman–Crippen MR) is 116 cm³/mol. The molecule has 0 saturated heterocycles. The molecule has 0 fully saturated rings. The van der Waals surface area contributed by atoms with Gasteiger partial charge in [0.05, 0.1) is 18.5 Å². The van der Waals surface area contributed by atoms with E-state index >= 15 is 0 Å². The number of dihydropyridines is 1. The monoisotopic (exact) mass is 439 g/mol. The topological polar surface area (TPSA) is 103 Å². The molecule has 0 amide bonds. The molecule has 1 unspecified atom stereocenters. The van der Waals surface area contributed by atoms with E-state index in [1.807, 2.05) is 31.2 Å². The molecule has 1 aliphatic rings. The highest BCUT2D eigenvalue weighted by atomic mass is 16.7. The minimum Gasteiger partial charge on any atom is -0.489 e. The first-order valence-corrected chi connectivity index (χ1v) is 9.92. The second-order valence-corrected chi connectivity index (χ2v) is 7.27. The predicted octanol–water partition coefficient (Wildman–Crippen LogP) is 5.20. The molecule has 8 heteroatoms. The molecule has 2 N–H and O–H groups in total. The Kier molecular flexibility index (Phi) is 7.04. The van der Waals surface area contributed by atoms with E-state index in [0.29, 0.717) is 29.3 Å². The zero-order valence-electron chi connectivity index (χ0n) is 18.3. The summed E-state index contributed by atoms with van der Waals surface area (Å²) in [5.74, 6) is -0.114. The van der Waals surface area contributed by atoms with Crippen LogP contribution in [0.15, 0.2) is 71.4 Å². The van der Waals surface area contributed by atoms with E-state index in [2.05, 4.69) is 10.1 Å². The Balaban J connectivity index is 2.03. The molecule has 3 rings (SSSR count). The van der Waals surface area contributed by atoms with Gasteiger partial charge >= 0.3 is 12.3 Å². The molecule has 0 aromatic heterocycles. The molecule has 1 heterocycles. The van der Waals surface area contributed by atoms with Crippen LogP contribution in [0.4, 0.5) is 9.59 Å². The van der Waals surface area contributed by atoms with Crippen molar-refractivity contribution in [2.24, 2.45) is 0 Å². The van der Waals surface area contributed by atoms with Gasteiger partial charge in [-0.15, -0.1) is 0 Å². The van der Waals surface area contributed by atoms with E-state index in [-0.39, 0.29) is 11.5 Å². The average molecular weight is 439 g/mol. The molecule has 8 nitrogen and oxygen atoms in total. The lowest BCUT2D eigenvalue weighted by molar-refractivity contribution is 0.0845. The smallest absolute Gasteiger partial charge is 0.489 e. The zero-order chi connectivity index (χ0) is 23.3. The summed E-state index contributed by atoms with van der Waals surface area (Å²) in [6.45, 7) is 5.70. The first-order valence-electron chi connectivity index (χ1n) is 9.92. The molecule has 2 aromatic rings. The fourth-order valence-corrected chi connectivity index (χ4v) is 3.43. The van der Waals surface area contributed by atoms with Crippen LogP contribution in [0.3, 0.4) is 0 Å². The minimum atomic E-state index is -1.49. The largest absolute Gasteiger partial charge is 0.513 e. The van der Waals surface area contributed by atoms with Crippen LogP contribution in [-0.4, -0.2) is 24.5 Å². The van der Waals surface area contributed by atoms with Crippen LogP contribution in [0.5, 0.6) is 5.75 Å². The Bertz CT molecular complexity index is 1070. The first-order chi connectivity index (χ1) is 15.3. The average Bonchev–Trinajstić information content (AvgIpc) is 2.76. The fourth-order valence-electron chi connectivity index (χ4n) is 3.43. The molecule has 32 heavy (non-hydrogen) atoms. The maximum absolute atomic E-state index is 11.9. The summed E-state index contributed by atoms with van der Waals surface area (Å²) in [6.07, 6.45) is -2.42. The van der Waals surface area contributed by atoms with Crippen LogP contribution in [0, 0.1) is 6.92 Å². The molecule has 0 bridgehead atoms. The lowest BCUT2D eigenvalue weighted by atomic mass is 9.90. The molecule has 2 aromatic carbocycles. The van der Waals surface area contributed by atoms with Gasteiger partial charge in [0, 0.05) is 5.56 Å². The second kappa shape index (κ2) is 9.91.